The van der Waals surface area contributed by atoms with E-state index in [-0.39, 0.29) is 6.61 Å². The van der Waals surface area contributed by atoms with E-state index in [9.17, 15) is 0 Å². The molecule has 1 aliphatic carbocycles. The van der Waals surface area contributed by atoms with Gasteiger partial charge in [-0.3, -0.25) is 0 Å². The molecule has 2 fully saturated rings. The maximum atomic E-state index is 8.93. The Labute approximate surface area is 84.2 Å². The first-order valence-electron chi connectivity index (χ1n) is 5.31. The van der Waals surface area contributed by atoms with Crippen LogP contribution >= 0.6 is 0 Å². The normalized spacial score (nSPS) is 29.1. The van der Waals surface area contributed by atoms with Crippen molar-refractivity contribution in [2.45, 2.75) is 13.0 Å². The van der Waals surface area contributed by atoms with Crippen LogP contribution in [-0.2, 0) is 6.61 Å². The molecule has 1 N–H and O–H groups in total. The first kappa shape index (κ1) is 8.30. The van der Waals surface area contributed by atoms with Crippen LogP contribution in [0, 0.1) is 11.8 Å². The Balaban J connectivity index is 1.76. The second-order valence-corrected chi connectivity index (χ2v) is 4.49. The fourth-order valence-electron chi connectivity index (χ4n) is 2.42. The lowest BCUT2D eigenvalue weighted by molar-refractivity contribution is 0.282. The molecule has 2 unspecified atom stereocenters. The zero-order chi connectivity index (χ0) is 9.54. The number of nitrogens with zero attached hydrogens (tertiary/aromatic N) is 1. The van der Waals surface area contributed by atoms with Crippen molar-refractivity contribution in [1.82, 2.24) is 0 Å². The molecule has 1 saturated carbocycles. The van der Waals surface area contributed by atoms with E-state index in [4.69, 9.17) is 5.11 Å². The van der Waals surface area contributed by atoms with E-state index in [1.807, 2.05) is 12.1 Å². The Morgan fingerprint density at radius 3 is 2.36 bits per heavy atom. The molecule has 14 heavy (non-hydrogen) atoms. The Kier molecular flexibility index (Phi) is 1.77. The lowest BCUT2D eigenvalue weighted by Crippen LogP contribution is -2.21. The average Bonchev–Trinajstić information content (AvgIpc) is 2.86. The van der Waals surface area contributed by atoms with Crippen LogP contribution in [-0.4, -0.2) is 18.2 Å². The predicted molar refractivity (Wildman–Crippen MR) is 56.2 cm³/mol. The molecule has 0 spiro atoms. The summed E-state index contributed by atoms with van der Waals surface area (Å²) in [5.74, 6) is 1.96. The number of aliphatic hydroxyl groups is 1. The summed E-state index contributed by atoms with van der Waals surface area (Å²) in [5, 5.41) is 8.93. The smallest absolute Gasteiger partial charge is 0.0681 e. The van der Waals surface area contributed by atoms with Gasteiger partial charge in [0, 0.05) is 18.8 Å². The van der Waals surface area contributed by atoms with Crippen molar-refractivity contribution in [1.29, 1.82) is 0 Å². The summed E-state index contributed by atoms with van der Waals surface area (Å²) in [6.45, 7) is 2.62. The molecule has 3 rings (SSSR count). The quantitative estimate of drug-likeness (QED) is 0.764. The van der Waals surface area contributed by atoms with E-state index in [0.717, 1.165) is 17.4 Å². The van der Waals surface area contributed by atoms with Crippen LogP contribution in [0.25, 0.3) is 0 Å². The summed E-state index contributed by atoms with van der Waals surface area (Å²) in [6.07, 6.45) is 1.45. The molecule has 1 heterocycles. The molecule has 2 nitrogen and oxygen atoms in total. The van der Waals surface area contributed by atoms with Gasteiger partial charge in [-0.15, -0.1) is 0 Å². The van der Waals surface area contributed by atoms with Crippen molar-refractivity contribution < 1.29 is 5.11 Å². The fraction of sp³-hybridized carbons (Fsp3) is 0.500. The maximum Gasteiger partial charge on any atom is 0.0681 e. The van der Waals surface area contributed by atoms with Crippen molar-refractivity contribution in [3.63, 3.8) is 0 Å². The van der Waals surface area contributed by atoms with Gasteiger partial charge in [0.15, 0.2) is 0 Å². The Bertz CT molecular complexity index is 323. The third-order valence-electron chi connectivity index (χ3n) is 3.46. The Morgan fingerprint density at radius 1 is 1.14 bits per heavy atom. The largest absolute Gasteiger partial charge is 0.392 e. The van der Waals surface area contributed by atoms with E-state index >= 15 is 0 Å². The Morgan fingerprint density at radius 2 is 1.79 bits per heavy atom. The van der Waals surface area contributed by atoms with E-state index in [1.54, 1.807) is 0 Å². The molecule has 74 valence electrons. The van der Waals surface area contributed by atoms with Crippen LogP contribution in [0.5, 0.6) is 0 Å². The van der Waals surface area contributed by atoms with Gasteiger partial charge in [0.1, 0.15) is 0 Å². The van der Waals surface area contributed by atoms with Crippen molar-refractivity contribution in [2.75, 3.05) is 18.0 Å². The SMILES string of the molecule is OCc1ccc(N2CC3CC3C2)cc1. The third kappa shape index (κ3) is 1.30. The minimum Gasteiger partial charge on any atom is -0.392 e. The van der Waals surface area contributed by atoms with Crippen LogP contribution in [0.3, 0.4) is 0 Å². The monoisotopic (exact) mass is 189 g/mol. The fourth-order valence-corrected chi connectivity index (χ4v) is 2.42. The molecule has 2 atom stereocenters. The minimum absolute atomic E-state index is 0.144. The number of hydrogen-bond acceptors (Lipinski definition) is 2. The van der Waals surface area contributed by atoms with Gasteiger partial charge in [-0.25, -0.2) is 0 Å². The summed E-state index contributed by atoms with van der Waals surface area (Å²) in [6, 6.07) is 8.27. The van der Waals surface area contributed by atoms with Gasteiger partial charge < -0.3 is 10.0 Å². The summed E-state index contributed by atoms with van der Waals surface area (Å²) in [5.41, 5.74) is 2.31. The van der Waals surface area contributed by atoms with Crippen molar-refractivity contribution in [2.24, 2.45) is 11.8 Å². The lowest BCUT2D eigenvalue weighted by Gasteiger charge is -2.20. The molecule has 1 aliphatic heterocycles. The average molecular weight is 189 g/mol. The van der Waals surface area contributed by atoms with Crippen molar-refractivity contribution >= 4 is 5.69 Å². The first-order chi connectivity index (χ1) is 6.86. The van der Waals surface area contributed by atoms with Crippen LogP contribution in [0.15, 0.2) is 24.3 Å². The van der Waals surface area contributed by atoms with E-state index in [2.05, 4.69) is 17.0 Å². The number of fused-ring (bicyclic) bond motifs is 1. The topological polar surface area (TPSA) is 23.5 Å². The second-order valence-electron chi connectivity index (χ2n) is 4.49. The molecule has 2 aliphatic rings. The molecule has 0 bridgehead atoms. The van der Waals surface area contributed by atoms with E-state index < -0.39 is 0 Å². The number of aliphatic hydroxyl groups excluding tert-OH is 1. The number of hydrogen-bond donors (Lipinski definition) is 1. The number of benzene rings is 1. The highest BCUT2D eigenvalue weighted by atomic mass is 16.3. The van der Waals surface area contributed by atoms with Gasteiger partial charge in [0.05, 0.1) is 6.61 Å². The van der Waals surface area contributed by atoms with Crippen molar-refractivity contribution in [3.05, 3.63) is 29.8 Å². The maximum absolute atomic E-state index is 8.93. The molecule has 0 amide bonds. The van der Waals surface area contributed by atoms with Gasteiger partial charge in [-0.2, -0.15) is 0 Å². The third-order valence-corrected chi connectivity index (χ3v) is 3.46. The summed E-state index contributed by atoms with van der Waals surface area (Å²) in [4.78, 5) is 2.46. The zero-order valence-electron chi connectivity index (χ0n) is 8.19. The minimum atomic E-state index is 0.144. The van der Waals surface area contributed by atoms with Crippen LogP contribution in [0.4, 0.5) is 5.69 Å². The molecular weight excluding hydrogens is 174 g/mol. The first-order valence-corrected chi connectivity index (χ1v) is 5.31. The number of anilines is 1. The molecular formula is C12H15NO. The zero-order valence-corrected chi connectivity index (χ0v) is 8.19. The summed E-state index contributed by atoms with van der Waals surface area (Å²) < 4.78 is 0. The number of piperidine rings is 1. The second kappa shape index (κ2) is 2.99. The van der Waals surface area contributed by atoms with E-state index in [0.29, 0.717) is 0 Å². The highest BCUT2D eigenvalue weighted by molar-refractivity contribution is 5.49. The van der Waals surface area contributed by atoms with Gasteiger partial charge in [0.2, 0.25) is 0 Å². The molecule has 0 aromatic heterocycles. The van der Waals surface area contributed by atoms with Crippen LogP contribution in [0.1, 0.15) is 12.0 Å². The van der Waals surface area contributed by atoms with Gasteiger partial charge >= 0.3 is 0 Å². The lowest BCUT2D eigenvalue weighted by atomic mass is 10.2. The summed E-state index contributed by atoms with van der Waals surface area (Å²) in [7, 11) is 0. The van der Waals surface area contributed by atoms with Gasteiger partial charge in [-0.1, -0.05) is 12.1 Å². The molecule has 0 radical (unpaired) electrons. The molecule has 1 aromatic rings. The molecule has 1 saturated heterocycles. The highest BCUT2D eigenvalue weighted by Gasteiger charge is 2.44. The van der Waals surface area contributed by atoms with Crippen molar-refractivity contribution in [3.8, 4) is 0 Å². The highest BCUT2D eigenvalue weighted by Crippen LogP contribution is 2.46. The molecule has 1 aromatic carbocycles. The standard InChI is InChI=1S/C12H15NO/c14-8-9-1-3-12(4-2-9)13-6-10-5-11(10)7-13/h1-4,10-11,14H,5-8H2. The van der Waals surface area contributed by atoms with Gasteiger partial charge in [0.25, 0.3) is 0 Å². The predicted octanol–water partition coefficient (Wildman–Crippen LogP) is 1.64. The Hall–Kier alpha value is -1.02. The van der Waals surface area contributed by atoms with Crippen LogP contribution in [0.2, 0.25) is 0 Å². The van der Waals surface area contributed by atoms with Crippen LogP contribution < -0.4 is 4.90 Å². The number of rotatable bonds is 2. The summed E-state index contributed by atoms with van der Waals surface area (Å²) >= 11 is 0. The van der Waals surface area contributed by atoms with Gasteiger partial charge in [-0.05, 0) is 36.0 Å². The molecule has 2 heteroatoms. The van der Waals surface area contributed by atoms with E-state index in [1.165, 1.54) is 25.2 Å².